The Bertz CT molecular complexity index is 585. The van der Waals surface area contributed by atoms with Gasteiger partial charge >= 0.3 is 6.03 Å². The third kappa shape index (κ3) is 3.80. The number of para-hydroxylation sites is 1. The first-order chi connectivity index (χ1) is 10.8. The molecule has 0 bridgehead atoms. The van der Waals surface area contributed by atoms with Gasteiger partial charge in [0, 0.05) is 29.7 Å². The van der Waals surface area contributed by atoms with Crippen LogP contribution in [0.5, 0.6) is 0 Å². The summed E-state index contributed by atoms with van der Waals surface area (Å²) in [4.78, 5) is 15.5. The first kappa shape index (κ1) is 14.9. The molecular weight excluding hydrogens is 294 g/mol. The zero-order chi connectivity index (χ0) is 15.2. The lowest BCUT2D eigenvalue weighted by Crippen LogP contribution is -2.43. The van der Waals surface area contributed by atoms with E-state index in [1.807, 2.05) is 23.6 Å². The minimum absolute atomic E-state index is 0.0895. The second-order valence-electron chi connectivity index (χ2n) is 5.47. The van der Waals surface area contributed by atoms with Gasteiger partial charge in [-0.15, -0.1) is 11.3 Å². The fourth-order valence-corrected chi connectivity index (χ4v) is 3.51. The maximum Gasteiger partial charge on any atom is 0.315 e. The van der Waals surface area contributed by atoms with Crippen LogP contribution in [-0.4, -0.2) is 25.2 Å². The monoisotopic (exact) mass is 315 g/mol. The summed E-state index contributed by atoms with van der Waals surface area (Å²) in [6.45, 7) is 2.34. The Balaban J connectivity index is 1.47. The van der Waals surface area contributed by atoms with Crippen LogP contribution in [0.25, 0.3) is 0 Å². The van der Waals surface area contributed by atoms with Gasteiger partial charge in [0.15, 0.2) is 0 Å². The molecule has 0 unspecified atom stereocenters. The van der Waals surface area contributed by atoms with Crippen LogP contribution in [0.1, 0.15) is 17.7 Å². The maximum atomic E-state index is 11.9. The number of hydrogen-bond donors (Lipinski definition) is 2. The van der Waals surface area contributed by atoms with Crippen molar-refractivity contribution in [3.05, 3.63) is 52.7 Å². The van der Waals surface area contributed by atoms with Crippen molar-refractivity contribution in [1.29, 1.82) is 0 Å². The zero-order valence-electron chi connectivity index (χ0n) is 12.5. The van der Waals surface area contributed by atoms with Crippen LogP contribution in [0.15, 0.2) is 47.8 Å². The van der Waals surface area contributed by atoms with Crippen molar-refractivity contribution in [3.63, 3.8) is 0 Å². The van der Waals surface area contributed by atoms with Gasteiger partial charge in [0.1, 0.15) is 0 Å². The Kier molecular flexibility index (Phi) is 4.96. The van der Waals surface area contributed by atoms with Crippen LogP contribution in [0.4, 0.5) is 10.5 Å². The number of hydrogen-bond acceptors (Lipinski definition) is 3. The van der Waals surface area contributed by atoms with Gasteiger partial charge in [0.05, 0.1) is 6.54 Å². The van der Waals surface area contributed by atoms with E-state index in [1.165, 1.54) is 17.0 Å². The number of rotatable bonds is 5. The SMILES string of the molecule is O=C(NCc1cccs1)NC[C@H]1CCCN1c1ccccc1. The molecule has 2 aromatic rings. The Morgan fingerprint density at radius 3 is 2.82 bits per heavy atom. The van der Waals surface area contributed by atoms with Gasteiger partial charge in [-0.2, -0.15) is 0 Å². The number of carbonyl (C=O) groups excluding carboxylic acids is 1. The normalized spacial score (nSPS) is 17.5. The molecule has 1 aliphatic rings. The highest BCUT2D eigenvalue weighted by molar-refractivity contribution is 7.09. The smallest absolute Gasteiger partial charge is 0.315 e. The van der Waals surface area contributed by atoms with Gasteiger partial charge in [-0.25, -0.2) is 4.79 Å². The Morgan fingerprint density at radius 1 is 1.18 bits per heavy atom. The first-order valence-corrected chi connectivity index (χ1v) is 8.56. The quantitative estimate of drug-likeness (QED) is 0.890. The van der Waals surface area contributed by atoms with Crippen molar-refractivity contribution in [2.24, 2.45) is 0 Å². The van der Waals surface area contributed by atoms with E-state index in [-0.39, 0.29) is 6.03 Å². The van der Waals surface area contributed by atoms with Crippen LogP contribution in [-0.2, 0) is 6.54 Å². The number of nitrogens with zero attached hydrogens (tertiary/aromatic N) is 1. The molecule has 22 heavy (non-hydrogen) atoms. The van der Waals surface area contributed by atoms with E-state index in [0.717, 1.165) is 13.0 Å². The number of benzene rings is 1. The molecule has 2 amide bonds. The zero-order valence-corrected chi connectivity index (χ0v) is 13.3. The average Bonchev–Trinajstić information content (AvgIpc) is 3.23. The van der Waals surface area contributed by atoms with Crippen LogP contribution < -0.4 is 15.5 Å². The predicted molar refractivity (Wildman–Crippen MR) is 91.4 cm³/mol. The first-order valence-electron chi connectivity index (χ1n) is 7.69. The van der Waals surface area contributed by atoms with Crippen molar-refractivity contribution in [1.82, 2.24) is 10.6 Å². The number of nitrogens with one attached hydrogen (secondary N) is 2. The Labute approximate surface area is 135 Å². The average molecular weight is 315 g/mol. The molecule has 4 nitrogen and oxygen atoms in total. The highest BCUT2D eigenvalue weighted by Gasteiger charge is 2.24. The van der Waals surface area contributed by atoms with Crippen molar-refractivity contribution in [2.45, 2.75) is 25.4 Å². The van der Waals surface area contributed by atoms with Gasteiger partial charge in [-0.3, -0.25) is 0 Å². The largest absolute Gasteiger partial charge is 0.367 e. The van der Waals surface area contributed by atoms with Crippen molar-refractivity contribution in [2.75, 3.05) is 18.0 Å². The summed E-state index contributed by atoms with van der Waals surface area (Å²) in [5, 5.41) is 7.92. The van der Waals surface area contributed by atoms with Crippen molar-refractivity contribution >= 4 is 23.1 Å². The van der Waals surface area contributed by atoms with E-state index >= 15 is 0 Å². The number of thiophene rings is 1. The summed E-state index contributed by atoms with van der Waals surface area (Å²) >= 11 is 1.66. The molecule has 0 radical (unpaired) electrons. The molecule has 0 spiro atoms. The van der Waals surface area contributed by atoms with Crippen molar-refractivity contribution < 1.29 is 4.79 Å². The molecule has 1 aliphatic heterocycles. The molecule has 1 atom stereocenters. The van der Waals surface area contributed by atoms with Gasteiger partial charge in [0.2, 0.25) is 0 Å². The van der Waals surface area contributed by atoms with E-state index in [0.29, 0.717) is 19.1 Å². The molecule has 1 saturated heterocycles. The summed E-state index contributed by atoms with van der Waals surface area (Å²) in [5.41, 5.74) is 1.24. The Morgan fingerprint density at radius 2 is 2.05 bits per heavy atom. The summed E-state index contributed by atoms with van der Waals surface area (Å²) in [5.74, 6) is 0. The fraction of sp³-hybridized carbons (Fsp3) is 0.353. The Hall–Kier alpha value is -2.01. The lowest BCUT2D eigenvalue weighted by Gasteiger charge is -2.27. The van der Waals surface area contributed by atoms with Gasteiger partial charge in [-0.1, -0.05) is 24.3 Å². The highest BCUT2D eigenvalue weighted by atomic mass is 32.1. The van der Waals surface area contributed by atoms with Crippen LogP contribution in [0.3, 0.4) is 0 Å². The fourth-order valence-electron chi connectivity index (χ4n) is 2.86. The lowest BCUT2D eigenvalue weighted by molar-refractivity contribution is 0.240. The third-order valence-corrected chi connectivity index (χ3v) is 4.84. The molecule has 2 N–H and O–H groups in total. The van der Waals surface area contributed by atoms with Gasteiger partial charge < -0.3 is 15.5 Å². The molecule has 1 fully saturated rings. The minimum atomic E-state index is -0.0895. The topological polar surface area (TPSA) is 44.4 Å². The predicted octanol–water partition coefficient (Wildman–Crippen LogP) is 3.22. The summed E-state index contributed by atoms with van der Waals surface area (Å²) < 4.78 is 0. The molecular formula is C17H21N3OS. The van der Waals surface area contributed by atoms with Crippen molar-refractivity contribution in [3.8, 4) is 0 Å². The number of urea groups is 1. The van der Waals surface area contributed by atoms with Crippen LogP contribution >= 0.6 is 11.3 Å². The molecule has 0 saturated carbocycles. The van der Waals surface area contributed by atoms with E-state index in [2.05, 4.69) is 39.8 Å². The van der Waals surface area contributed by atoms with E-state index in [4.69, 9.17) is 0 Å². The van der Waals surface area contributed by atoms with Gasteiger partial charge in [0.25, 0.3) is 0 Å². The highest BCUT2D eigenvalue weighted by Crippen LogP contribution is 2.24. The molecule has 0 aliphatic carbocycles. The molecule has 116 valence electrons. The summed E-state index contributed by atoms with van der Waals surface area (Å²) in [6.07, 6.45) is 2.30. The standard InChI is InChI=1S/C17H21N3OS/c21-17(19-13-16-9-5-11-22-16)18-12-15-8-4-10-20(15)14-6-2-1-3-7-14/h1-3,5-7,9,11,15H,4,8,10,12-13H2,(H2,18,19,21)/t15-/m1/s1. The second kappa shape index (κ2) is 7.31. The minimum Gasteiger partial charge on any atom is -0.367 e. The third-order valence-electron chi connectivity index (χ3n) is 3.97. The molecule has 3 rings (SSSR count). The van der Waals surface area contributed by atoms with Gasteiger partial charge in [-0.05, 0) is 36.4 Å². The molecule has 1 aromatic heterocycles. The maximum absolute atomic E-state index is 11.9. The van der Waals surface area contributed by atoms with Crippen LogP contribution in [0, 0.1) is 0 Å². The number of anilines is 1. The molecule has 1 aromatic carbocycles. The lowest BCUT2D eigenvalue weighted by atomic mass is 10.2. The van der Waals surface area contributed by atoms with E-state index < -0.39 is 0 Å². The summed E-state index contributed by atoms with van der Waals surface area (Å²) in [7, 11) is 0. The number of amides is 2. The van der Waals surface area contributed by atoms with Crippen LogP contribution in [0.2, 0.25) is 0 Å². The molecule has 5 heteroatoms. The molecule has 2 heterocycles. The summed E-state index contributed by atoms with van der Waals surface area (Å²) in [6, 6.07) is 14.7. The number of carbonyl (C=O) groups is 1. The second-order valence-corrected chi connectivity index (χ2v) is 6.50. The van der Waals surface area contributed by atoms with E-state index in [1.54, 1.807) is 11.3 Å². The van der Waals surface area contributed by atoms with E-state index in [9.17, 15) is 4.79 Å².